The van der Waals surface area contributed by atoms with Crippen molar-refractivity contribution in [3.8, 4) is 0 Å². The van der Waals surface area contributed by atoms with Crippen LogP contribution < -0.4 is 5.32 Å². The van der Waals surface area contributed by atoms with E-state index in [-0.39, 0.29) is 45.8 Å². The predicted octanol–water partition coefficient (Wildman–Crippen LogP) is 4.89. The van der Waals surface area contributed by atoms with Crippen molar-refractivity contribution in [1.82, 2.24) is 0 Å². The zero-order valence-corrected chi connectivity index (χ0v) is 18.9. The van der Waals surface area contributed by atoms with Gasteiger partial charge in [0.15, 0.2) is 27.3 Å². The van der Waals surface area contributed by atoms with Gasteiger partial charge in [0, 0.05) is 23.4 Å². The topological polar surface area (TPSA) is 83.5 Å². The fourth-order valence-corrected chi connectivity index (χ4v) is 7.93. The highest BCUT2D eigenvalue weighted by Gasteiger charge is 2.53. The molecule has 33 heavy (non-hydrogen) atoms. The van der Waals surface area contributed by atoms with Crippen LogP contribution in [0.25, 0.3) is 0 Å². The Morgan fingerprint density at radius 1 is 1.12 bits per heavy atom. The van der Waals surface area contributed by atoms with Crippen molar-refractivity contribution in [3.63, 3.8) is 0 Å². The van der Waals surface area contributed by atoms with Gasteiger partial charge in [-0.25, -0.2) is 21.6 Å². The van der Waals surface area contributed by atoms with Crippen LogP contribution in [0.15, 0.2) is 47.9 Å². The van der Waals surface area contributed by atoms with Gasteiger partial charge in [0.25, 0.3) is 5.91 Å². The van der Waals surface area contributed by atoms with Gasteiger partial charge in [0.05, 0.1) is 20.8 Å². The van der Waals surface area contributed by atoms with E-state index in [9.17, 15) is 31.5 Å². The van der Waals surface area contributed by atoms with Gasteiger partial charge in [-0.05, 0) is 55.7 Å². The lowest BCUT2D eigenvalue weighted by Gasteiger charge is -2.39. The van der Waals surface area contributed by atoms with Crippen molar-refractivity contribution in [1.29, 1.82) is 0 Å². The van der Waals surface area contributed by atoms with Crippen LogP contribution in [0.1, 0.15) is 36.0 Å². The highest BCUT2D eigenvalue weighted by Crippen LogP contribution is 2.51. The van der Waals surface area contributed by atoms with Crippen LogP contribution in [-0.4, -0.2) is 30.3 Å². The maximum absolute atomic E-state index is 13.6. The van der Waals surface area contributed by atoms with E-state index < -0.39 is 44.0 Å². The minimum atomic E-state index is -3.96. The summed E-state index contributed by atoms with van der Waals surface area (Å²) in [5.74, 6) is -6.03. The van der Waals surface area contributed by atoms with Gasteiger partial charge in [-0.1, -0.05) is 17.7 Å². The number of carbonyl (C=O) groups is 1. The zero-order chi connectivity index (χ0) is 24.1. The average Bonchev–Trinajstić information content (AvgIpc) is 3.05. The number of halogens is 4. The van der Waals surface area contributed by atoms with Gasteiger partial charge in [-0.15, -0.1) is 6.58 Å². The van der Waals surface area contributed by atoms with Gasteiger partial charge in [-0.3, -0.25) is 4.79 Å². The average molecular weight is 500 g/mol. The van der Waals surface area contributed by atoms with Crippen LogP contribution in [0, 0.1) is 29.3 Å². The smallest absolute Gasteiger partial charge is 0.255 e. The molecule has 2 saturated carbocycles. The van der Waals surface area contributed by atoms with Crippen LogP contribution in [0.5, 0.6) is 0 Å². The Morgan fingerprint density at radius 3 is 2.24 bits per heavy atom. The summed E-state index contributed by atoms with van der Waals surface area (Å²) in [7, 11) is -3.96. The standard InChI is InChI=1S/C23H21ClF3NO4S/c1-2-23(30)10-13-3-4-14(11-23)21(13)33(31,32)19-7-12(5-6-16(19)24)22(29)28-15-8-17(25)20(27)18(26)9-15/h2,5-9,13-14,21,30H,1,3-4,10-11H2,(H,28,29)/t13-,14?,21?,23+/m0/s1. The minimum Gasteiger partial charge on any atom is -0.386 e. The number of aliphatic hydroxyl groups is 1. The molecule has 2 fully saturated rings. The first kappa shape index (κ1) is 23.8. The molecule has 0 heterocycles. The molecular weight excluding hydrogens is 479 g/mol. The lowest BCUT2D eigenvalue weighted by Crippen LogP contribution is -2.45. The molecule has 2 N–H and O–H groups in total. The van der Waals surface area contributed by atoms with E-state index in [4.69, 9.17) is 11.6 Å². The number of anilines is 1. The Labute approximate surface area is 194 Å². The molecule has 2 aromatic rings. The molecular formula is C23H21ClF3NO4S. The molecule has 0 saturated heterocycles. The number of hydrogen-bond acceptors (Lipinski definition) is 4. The van der Waals surface area contributed by atoms with Gasteiger partial charge >= 0.3 is 0 Å². The summed E-state index contributed by atoms with van der Waals surface area (Å²) in [6, 6.07) is 4.89. The van der Waals surface area contributed by atoms with Crippen LogP contribution in [-0.2, 0) is 9.84 Å². The van der Waals surface area contributed by atoms with E-state index in [1.54, 1.807) is 0 Å². The fourth-order valence-electron chi connectivity index (χ4n) is 5.08. The van der Waals surface area contributed by atoms with Crippen molar-refractivity contribution in [2.75, 3.05) is 5.32 Å². The highest BCUT2D eigenvalue weighted by atomic mass is 35.5. The highest BCUT2D eigenvalue weighted by molar-refractivity contribution is 7.92. The van der Waals surface area contributed by atoms with Crippen molar-refractivity contribution >= 4 is 33.0 Å². The molecule has 0 aromatic heterocycles. The number of nitrogens with one attached hydrogen (secondary N) is 1. The number of hydrogen-bond donors (Lipinski definition) is 2. The normalized spacial score (nSPS) is 26.8. The Morgan fingerprint density at radius 2 is 1.70 bits per heavy atom. The first-order chi connectivity index (χ1) is 15.4. The van der Waals surface area contributed by atoms with Gasteiger partial charge in [0.2, 0.25) is 0 Å². The van der Waals surface area contributed by atoms with Crippen LogP contribution >= 0.6 is 11.6 Å². The van der Waals surface area contributed by atoms with Gasteiger partial charge < -0.3 is 10.4 Å². The lowest BCUT2D eigenvalue weighted by molar-refractivity contribution is 0.0254. The Balaban J connectivity index is 1.64. The summed E-state index contributed by atoms with van der Waals surface area (Å²) in [6.45, 7) is 3.66. The van der Waals surface area contributed by atoms with E-state index in [0.29, 0.717) is 25.0 Å². The number of benzene rings is 2. The first-order valence-corrected chi connectivity index (χ1v) is 12.2. The summed E-state index contributed by atoms with van der Waals surface area (Å²) < 4.78 is 67.2. The number of rotatable bonds is 5. The van der Waals surface area contributed by atoms with E-state index in [1.807, 2.05) is 0 Å². The van der Waals surface area contributed by atoms with Gasteiger partial charge in [-0.2, -0.15) is 0 Å². The summed E-state index contributed by atoms with van der Waals surface area (Å²) in [5.41, 5.74) is -1.54. The van der Waals surface area contributed by atoms with E-state index in [2.05, 4.69) is 11.9 Å². The molecule has 2 aliphatic carbocycles. The second-order valence-corrected chi connectivity index (χ2v) is 11.2. The van der Waals surface area contributed by atoms with E-state index in [0.717, 1.165) is 6.07 Å². The molecule has 0 spiro atoms. The SMILES string of the molecule is C=C[C@]1(O)CC2CC[C@@H](C1)C2S(=O)(=O)c1cc(C(=O)Nc2cc(F)c(F)c(F)c2)ccc1Cl. The number of fused-ring (bicyclic) bond motifs is 2. The second-order valence-electron chi connectivity index (χ2n) is 8.68. The zero-order valence-electron chi connectivity index (χ0n) is 17.3. The van der Waals surface area contributed by atoms with Crippen LogP contribution in [0.3, 0.4) is 0 Å². The molecule has 0 aliphatic heterocycles. The maximum Gasteiger partial charge on any atom is 0.255 e. The maximum atomic E-state index is 13.6. The van der Waals surface area contributed by atoms with Crippen molar-refractivity contribution < 1.29 is 31.5 Å². The second kappa shape index (κ2) is 8.45. The number of amides is 1. The summed E-state index contributed by atoms with van der Waals surface area (Å²) in [6.07, 6.45) is 3.29. The molecule has 10 heteroatoms. The van der Waals surface area contributed by atoms with Gasteiger partial charge in [0.1, 0.15) is 0 Å². The fraction of sp³-hybridized carbons (Fsp3) is 0.348. The molecule has 176 valence electrons. The molecule has 1 amide bonds. The summed E-state index contributed by atoms with van der Waals surface area (Å²) in [5, 5.41) is 12.0. The lowest BCUT2D eigenvalue weighted by atomic mass is 9.77. The van der Waals surface area contributed by atoms with Crippen molar-refractivity contribution in [3.05, 3.63) is 71.0 Å². The van der Waals surface area contributed by atoms with Crippen molar-refractivity contribution in [2.24, 2.45) is 11.8 Å². The van der Waals surface area contributed by atoms with Crippen LogP contribution in [0.2, 0.25) is 5.02 Å². The molecule has 0 radical (unpaired) electrons. The Bertz CT molecular complexity index is 1210. The third-order valence-corrected chi connectivity index (χ3v) is 9.43. The van der Waals surface area contributed by atoms with E-state index in [1.165, 1.54) is 18.2 Å². The quantitative estimate of drug-likeness (QED) is 0.453. The molecule has 5 nitrogen and oxygen atoms in total. The largest absolute Gasteiger partial charge is 0.386 e. The molecule has 4 rings (SSSR count). The van der Waals surface area contributed by atoms with E-state index >= 15 is 0 Å². The minimum absolute atomic E-state index is 0.0608. The molecule has 2 aromatic carbocycles. The van der Waals surface area contributed by atoms with Crippen molar-refractivity contribution in [2.45, 2.75) is 41.4 Å². The molecule has 2 unspecified atom stereocenters. The molecule has 2 bridgehead atoms. The first-order valence-electron chi connectivity index (χ1n) is 10.3. The number of sulfone groups is 1. The molecule has 2 aliphatic rings. The Kier molecular flexibility index (Phi) is 6.09. The monoisotopic (exact) mass is 499 g/mol. The third-order valence-electron chi connectivity index (χ3n) is 6.55. The summed E-state index contributed by atoms with van der Waals surface area (Å²) in [4.78, 5) is 12.4. The Hall–Kier alpha value is -2.36. The predicted molar refractivity (Wildman–Crippen MR) is 117 cm³/mol. The summed E-state index contributed by atoms with van der Waals surface area (Å²) >= 11 is 6.21. The third kappa shape index (κ3) is 4.29. The van der Waals surface area contributed by atoms with Crippen LogP contribution in [0.4, 0.5) is 18.9 Å². The number of carbonyl (C=O) groups excluding carboxylic acids is 1. The molecule has 4 atom stereocenters.